The minimum atomic E-state index is -3.44. The Morgan fingerprint density at radius 2 is 1.83 bits per heavy atom. The zero-order valence-corrected chi connectivity index (χ0v) is 12.3. The van der Waals surface area contributed by atoms with E-state index in [-0.39, 0.29) is 23.3 Å². The van der Waals surface area contributed by atoms with Crippen LogP contribution in [0.25, 0.3) is 0 Å². The van der Waals surface area contributed by atoms with Crippen LogP contribution in [0.15, 0.2) is 29.2 Å². The molecular weight excluding hydrogens is 276 g/mol. The van der Waals surface area contributed by atoms with Crippen molar-refractivity contribution < 1.29 is 13.2 Å². The average molecular weight is 295 g/mol. The van der Waals surface area contributed by atoms with Gasteiger partial charge in [-0.15, -0.1) is 12.4 Å². The van der Waals surface area contributed by atoms with Gasteiger partial charge >= 0.3 is 0 Å². The minimum absolute atomic E-state index is 0. The van der Waals surface area contributed by atoms with Crippen LogP contribution >= 0.6 is 12.4 Å². The monoisotopic (exact) mass is 294 g/mol. The summed E-state index contributed by atoms with van der Waals surface area (Å²) in [5.41, 5.74) is 0. The van der Waals surface area contributed by atoms with Crippen LogP contribution in [0.4, 0.5) is 0 Å². The molecule has 5 nitrogen and oxygen atoms in total. The summed E-state index contributed by atoms with van der Waals surface area (Å²) in [4.78, 5) is 0.238. The molecule has 18 heavy (non-hydrogen) atoms. The van der Waals surface area contributed by atoms with Crippen LogP contribution in [0.5, 0.6) is 5.75 Å². The summed E-state index contributed by atoms with van der Waals surface area (Å²) < 4.78 is 31.2. The van der Waals surface area contributed by atoms with Crippen LogP contribution in [-0.2, 0) is 10.0 Å². The molecule has 2 N–H and O–H groups in total. The number of benzene rings is 1. The number of halogens is 1. The van der Waals surface area contributed by atoms with Crippen molar-refractivity contribution in [3.63, 3.8) is 0 Å². The highest BCUT2D eigenvalue weighted by atomic mass is 35.5. The fourth-order valence-electron chi connectivity index (χ4n) is 1.17. The van der Waals surface area contributed by atoms with E-state index in [1.54, 1.807) is 19.2 Å². The highest BCUT2D eigenvalue weighted by molar-refractivity contribution is 7.89. The lowest BCUT2D eigenvalue weighted by Crippen LogP contribution is -2.37. The van der Waals surface area contributed by atoms with Gasteiger partial charge in [0.05, 0.1) is 12.0 Å². The maximum absolute atomic E-state index is 11.9. The Kier molecular flexibility index (Phi) is 7.23. The van der Waals surface area contributed by atoms with E-state index in [4.69, 9.17) is 4.74 Å². The summed E-state index contributed by atoms with van der Waals surface area (Å²) >= 11 is 0. The van der Waals surface area contributed by atoms with E-state index >= 15 is 0 Å². The molecular formula is C11H19ClN2O3S. The molecule has 0 aromatic heterocycles. The Morgan fingerprint density at radius 1 is 1.28 bits per heavy atom. The fourth-order valence-corrected chi connectivity index (χ4v) is 2.31. The van der Waals surface area contributed by atoms with Crippen LogP contribution in [-0.4, -0.2) is 35.2 Å². The summed E-state index contributed by atoms with van der Waals surface area (Å²) in [6.07, 6.45) is 0. The first-order valence-electron chi connectivity index (χ1n) is 5.30. The number of methoxy groups -OCH3 is 1. The molecule has 0 aliphatic carbocycles. The highest BCUT2D eigenvalue weighted by Gasteiger charge is 2.14. The third kappa shape index (κ3) is 4.81. The average Bonchev–Trinajstić information content (AvgIpc) is 2.36. The molecule has 0 radical (unpaired) electrons. The molecule has 0 aliphatic rings. The largest absolute Gasteiger partial charge is 0.497 e. The van der Waals surface area contributed by atoms with E-state index in [0.29, 0.717) is 12.3 Å². The first kappa shape index (κ1) is 17.2. The number of sulfonamides is 1. The van der Waals surface area contributed by atoms with E-state index in [2.05, 4.69) is 10.0 Å². The second-order valence-corrected chi connectivity index (χ2v) is 5.48. The fraction of sp³-hybridized carbons (Fsp3) is 0.455. The maximum Gasteiger partial charge on any atom is 0.240 e. The summed E-state index contributed by atoms with van der Waals surface area (Å²) in [6.45, 7) is 2.25. The van der Waals surface area contributed by atoms with Gasteiger partial charge in [0.2, 0.25) is 10.0 Å². The van der Waals surface area contributed by atoms with Gasteiger partial charge in [-0.05, 0) is 38.2 Å². The number of hydrogen-bond donors (Lipinski definition) is 2. The summed E-state index contributed by atoms with van der Waals surface area (Å²) in [7, 11) is -0.114. The van der Waals surface area contributed by atoms with E-state index in [1.807, 2.05) is 6.92 Å². The van der Waals surface area contributed by atoms with Crippen LogP contribution in [0.1, 0.15) is 6.92 Å². The van der Waals surface area contributed by atoms with Gasteiger partial charge in [0.25, 0.3) is 0 Å². The van der Waals surface area contributed by atoms with Crippen molar-refractivity contribution in [2.24, 2.45) is 0 Å². The molecule has 1 aromatic carbocycles. The van der Waals surface area contributed by atoms with E-state index in [9.17, 15) is 8.42 Å². The zero-order chi connectivity index (χ0) is 12.9. The third-order valence-electron chi connectivity index (χ3n) is 2.44. The second-order valence-electron chi connectivity index (χ2n) is 3.72. The number of ether oxygens (including phenoxy) is 1. The van der Waals surface area contributed by atoms with E-state index in [0.717, 1.165) is 0 Å². The van der Waals surface area contributed by atoms with Crippen molar-refractivity contribution in [2.75, 3.05) is 20.7 Å². The molecule has 0 aliphatic heterocycles. The number of nitrogens with one attached hydrogen (secondary N) is 2. The second kappa shape index (κ2) is 7.58. The number of likely N-dealkylation sites (N-methyl/N-ethyl adjacent to an activating group) is 1. The van der Waals surface area contributed by atoms with Gasteiger partial charge in [-0.2, -0.15) is 0 Å². The molecule has 104 valence electrons. The molecule has 0 amide bonds. The number of rotatable bonds is 6. The Labute approximate surface area is 114 Å². The predicted octanol–water partition coefficient (Wildman–Crippen LogP) is 1.00. The Hall–Kier alpha value is -0.820. The van der Waals surface area contributed by atoms with Crippen molar-refractivity contribution >= 4 is 22.4 Å². The van der Waals surface area contributed by atoms with Crippen LogP contribution in [0.3, 0.4) is 0 Å². The van der Waals surface area contributed by atoms with Gasteiger partial charge in [0.1, 0.15) is 5.75 Å². The molecule has 0 saturated heterocycles. The Morgan fingerprint density at radius 3 is 2.28 bits per heavy atom. The van der Waals surface area contributed by atoms with Crippen molar-refractivity contribution in [2.45, 2.75) is 17.9 Å². The van der Waals surface area contributed by atoms with E-state index < -0.39 is 10.0 Å². The zero-order valence-electron chi connectivity index (χ0n) is 10.6. The molecule has 0 bridgehead atoms. The minimum Gasteiger partial charge on any atom is -0.497 e. The maximum atomic E-state index is 11.9. The standard InChI is InChI=1S/C11H18N2O3S.ClH/c1-9(12-2)8-13-17(14,15)11-6-4-10(16-3)5-7-11;/h4-7,9,12-13H,8H2,1-3H3;1H. The molecule has 0 heterocycles. The molecule has 1 unspecified atom stereocenters. The lowest BCUT2D eigenvalue weighted by Gasteiger charge is -2.12. The van der Waals surface area contributed by atoms with Crippen molar-refractivity contribution in [3.05, 3.63) is 24.3 Å². The van der Waals surface area contributed by atoms with Gasteiger partial charge < -0.3 is 10.1 Å². The Bertz CT molecular complexity index is 448. The molecule has 7 heteroatoms. The quantitative estimate of drug-likeness (QED) is 0.821. The molecule has 1 atom stereocenters. The smallest absolute Gasteiger partial charge is 0.240 e. The summed E-state index contributed by atoms with van der Waals surface area (Å²) in [5.74, 6) is 0.632. The topological polar surface area (TPSA) is 67.4 Å². The predicted molar refractivity (Wildman–Crippen MR) is 74.0 cm³/mol. The van der Waals surface area contributed by atoms with Gasteiger partial charge in [-0.25, -0.2) is 13.1 Å². The van der Waals surface area contributed by atoms with Crippen molar-refractivity contribution in [1.29, 1.82) is 0 Å². The van der Waals surface area contributed by atoms with E-state index in [1.165, 1.54) is 19.2 Å². The van der Waals surface area contributed by atoms with Gasteiger partial charge in [-0.1, -0.05) is 0 Å². The molecule has 1 rings (SSSR count). The highest BCUT2D eigenvalue weighted by Crippen LogP contribution is 2.15. The van der Waals surface area contributed by atoms with Crippen molar-refractivity contribution in [1.82, 2.24) is 10.0 Å². The van der Waals surface area contributed by atoms with Crippen LogP contribution in [0.2, 0.25) is 0 Å². The lowest BCUT2D eigenvalue weighted by atomic mass is 10.3. The third-order valence-corrected chi connectivity index (χ3v) is 3.88. The van der Waals surface area contributed by atoms with Crippen LogP contribution in [0, 0.1) is 0 Å². The molecule has 0 saturated carbocycles. The Balaban J connectivity index is 0.00000289. The molecule has 1 aromatic rings. The van der Waals surface area contributed by atoms with Gasteiger partial charge in [0.15, 0.2) is 0 Å². The first-order valence-corrected chi connectivity index (χ1v) is 6.79. The summed E-state index contributed by atoms with van der Waals surface area (Å²) in [6, 6.07) is 6.37. The first-order chi connectivity index (χ1) is 7.99. The SMILES string of the molecule is CNC(C)CNS(=O)(=O)c1ccc(OC)cc1.Cl. The van der Waals surface area contributed by atoms with Gasteiger partial charge in [-0.3, -0.25) is 0 Å². The normalized spacial score (nSPS) is 12.6. The molecule has 0 spiro atoms. The number of hydrogen-bond acceptors (Lipinski definition) is 4. The van der Waals surface area contributed by atoms with Crippen molar-refractivity contribution in [3.8, 4) is 5.75 Å². The van der Waals surface area contributed by atoms with Crippen LogP contribution < -0.4 is 14.8 Å². The van der Waals surface area contributed by atoms with Gasteiger partial charge in [0, 0.05) is 12.6 Å². The molecule has 0 fully saturated rings. The summed E-state index contributed by atoms with van der Waals surface area (Å²) in [5, 5.41) is 2.96. The lowest BCUT2D eigenvalue weighted by molar-refractivity contribution is 0.414.